The van der Waals surface area contributed by atoms with Crippen molar-refractivity contribution in [2.45, 2.75) is 43.1 Å². The van der Waals surface area contributed by atoms with Gasteiger partial charge in [0.15, 0.2) is 0 Å². The topological polar surface area (TPSA) is 54.4 Å². The van der Waals surface area contributed by atoms with Crippen molar-refractivity contribution in [1.29, 1.82) is 0 Å². The Morgan fingerprint density at radius 3 is 1.43 bits per heavy atom. The van der Waals surface area contributed by atoms with Crippen molar-refractivity contribution in [3.05, 3.63) is 0 Å². The maximum atomic E-state index is 13.2. The molecule has 0 saturated carbocycles. The Hall–Kier alpha value is -0.503. The summed E-state index contributed by atoms with van der Waals surface area (Å²) in [5, 5.41) is 0. The fourth-order valence-electron chi connectivity index (χ4n) is 1.14. The summed E-state index contributed by atoms with van der Waals surface area (Å²) in [6, 6.07) is -2.52. The molecule has 0 amide bonds. The molecule has 0 heterocycles. The van der Waals surface area contributed by atoms with Crippen molar-refractivity contribution < 1.29 is 52.5 Å². The van der Waals surface area contributed by atoms with Crippen molar-refractivity contribution >= 4 is 16.8 Å². The third-order valence-electron chi connectivity index (χ3n) is 2.56. The average Bonchev–Trinajstić information content (AvgIpc) is 2.11. The van der Waals surface area contributed by atoms with Crippen LogP contribution in [0, 0.1) is 0 Å². The lowest BCUT2D eigenvalue weighted by atomic mass is 10.1. The fourth-order valence-corrected chi connectivity index (χ4v) is 3.71. The summed E-state index contributed by atoms with van der Waals surface area (Å²) >= 11 is 0. The molecular formula is C7H9F9O3SSi. The maximum absolute atomic E-state index is 13.2. The molecule has 0 aromatic rings. The van der Waals surface area contributed by atoms with Crippen LogP contribution in [0.1, 0.15) is 0 Å². The lowest BCUT2D eigenvalue weighted by Gasteiger charge is -2.35. The van der Waals surface area contributed by atoms with Gasteiger partial charge in [-0.25, -0.2) is 8.42 Å². The molecule has 0 saturated heterocycles. The molecule has 0 aliphatic carbocycles. The molecule has 0 rings (SSSR count). The van der Waals surface area contributed by atoms with Crippen molar-refractivity contribution in [3.8, 4) is 0 Å². The molecule has 0 aromatic carbocycles. The van der Waals surface area contributed by atoms with E-state index >= 15 is 0 Å². The number of rotatable bonds is 5. The Morgan fingerprint density at radius 2 is 1.19 bits per heavy atom. The van der Waals surface area contributed by atoms with Gasteiger partial charge in [0, 0.05) is 6.04 Å². The highest BCUT2D eigenvalue weighted by Crippen LogP contribution is 2.55. The summed E-state index contributed by atoms with van der Waals surface area (Å²) in [6.45, 7) is 0.802. The van der Waals surface area contributed by atoms with E-state index in [4.69, 9.17) is 4.55 Å². The second-order valence-corrected chi connectivity index (χ2v) is 14.4. The van der Waals surface area contributed by atoms with Gasteiger partial charge in [-0.05, 0) is 0 Å². The van der Waals surface area contributed by atoms with E-state index in [-0.39, 0.29) is 0 Å². The molecular weight excluding hydrogens is 363 g/mol. The van der Waals surface area contributed by atoms with E-state index in [2.05, 4.69) is 0 Å². The van der Waals surface area contributed by atoms with E-state index in [9.17, 15) is 47.9 Å². The van der Waals surface area contributed by atoms with Gasteiger partial charge in [0.25, 0.3) is 0 Å². The summed E-state index contributed by atoms with van der Waals surface area (Å²) in [7, 11) is -9.97. The largest absolute Gasteiger partial charge is 0.460 e. The summed E-state index contributed by atoms with van der Waals surface area (Å²) in [4.78, 5) is 0. The molecule has 128 valence electrons. The Bertz CT molecular complexity index is 496. The van der Waals surface area contributed by atoms with Crippen LogP contribution in [-0.2, 0) is 9.57 Å². The standard InChI is InChI=1S/C7H9F9O3SSi/c1-21(2,20(17,18)19)3-4(8,9)5(10,11)6(12,13)7(14,15)16/h3H2,1-2H3,(H,17,18,19). The predicted octanol–water partition coefficient (Wildman–Crippen LogP) is 3.55. The van der Waals surface area contributed by atoms with Crippen molar-refractivity contribution in [2.24, 2.45) is 0 Å². The molecule has 0 fully saturated rings. The highest BCUT2D eigenvalue weighted by Gasteiger charge is 2.82. The highest BCUT2D eigenvalue weighted by atomic mass is 32.4. The predicted molar refractivity (Wildman–Crippen MR) is 54.7 cm³/mol. The zero-order valence-corrected chi connectivity index (χ0v) is 12.1. The zero-order chi connectivity index (χ0) is 17.7. The van der Waals surface area contributed by atoms with E-state index in [0.717, 1.165) is 0 Å². The highest BCUT2D eigenvalue weighted by molar-refractivity contribution is 8.17. The Labute approximate surface area is 113 Å². The lowest BCUT2D eigenvalue weighted by Crippen LogP contribution is -2.62. The van der Waals surface area contributed by atoms with Crippen LogP contribution >= 0.6 is 0 Å². The van der Waals surface area contributed by atoms with Gasteiger partial charge < -0.3 is 0 Å². The quantitative estimate of drug-likeness (QED) is 0.456. The van der Waals surface area contributed by atoms with Gasteiger partial charge >= 0.3 is 23.9 Å². The zero-order valence-electron chi connectivity index (χ0n) is 10.3. The summed E-state index contributed by atoms with van der Waals surface area (Å²) in [5.41, 5.74) is 0. The van der Waals surface area contributed by atoms with Crippen molar-refractivity contribution in [3.63, 3.8) is 0 Å². The monoisotopic (exact) mass is 372 g/mol. The third kappa shape index (κ3) is 3.47. The van der Waals surface area contributed by atoms with Crippen LogP contribution in [0.5, 0.6) is 0 Å². The number of halogens is 9. The second-order valence-electron chi connectivity index (χ2n) is 4.76. The Kier molecular flexibility index (Phi) is 4.89. The van der Waals surface area contributed by atoms with Gasteiger partial charge in [0.2, 0.25) is 16.8 Å². The van der Waals surface area contributed by atoms with E-state index in [1.165, 1.54) is 0 Å². The molecule has 0 unspecified atom stereocenters. The van der Waals surface area contributed by atoms with Crippen LogP contribution in [0.25, 0.3) is 0 Å². The number of alkyl halides is 9. The first-order valence-corrected chi connectivity index (χ1v) is 10.2. The van der Waals surface area contributed by atoms with Crippen LogP contribution in [0.2, 0.25) is 19.1 Å². The molecule has 0 spiro atoms. The first-order valence-electron chi connectivity index (χ1n) is 4.88. The first kappa shape index (κ1) is 20.5. The minimum atomic E-state index is -7.08. The SMILES string of the molecule is C[Si](C)(CC(F)(F)C(F)(F)C(F)(F)C(F)(F)F)S(=O)(=O)O. The first-order chi connectivity index (χ1) is 8.71. The molecule has 0 bridgehead atoms. The third-order valence-corrected chi connectivity index (χ3v) is 9.87. The maximum Gasteiger partial charge on any atom is 0.460 e. The average molecular weight is 372 g/mol. The minimum Gasteiger partial charge on any atom is -0.291 e. The van der Waals surface area contributed by atoms with E-state index in [0.29, 0.717) is 13.1 Å². The van der Waals surface area contributed by atoms with Gasteiger partial charge in [-0.3, -0.25) is 4.55 Å². The van der Waals surface area contributed by atoms with Crippen LogP contribution in [0.4, 0.5) is 39.5 Å². The van der Waals surface area contributed by atoms with Gasteiger partial charge in [0.1, 0.15) is 0 Å². The second kappa shape index (κ2) is 5.01. The lowest BCUT2D eigenvalue weighted by molar-refractivity contribution is -0.393. The van der Waals surface area contributed by atoms with Crippen LogP contribution < -0.4 is 0 Å². The van der Waals surface area contributed by atoms with Crippen LogP contribution in [0.15, 0.2) is 0 Å². The van der Waals surface area contributed by atoms with Gasteiger partial charge in [-0.1, -0.05) is 13.1 Å². The van der Waals surface area contributed by atoms with E-state index in [1.54, 1.807) is 0 Å². The molecule has 0 aliphatic heterocycles. The van der Waals surface area contributed by atoms with E-state index < -0.39 is 46.8 Å². The van der Waals surface area contributed by atoms with Crippen molar-refractivity contribution in [2.75, 3.05) is 0 Å². The van der Waals surface area contributed by atoms with E-state index in [1.807, 2.05) is 0 Å². The number of hydrogen-bond acceptors (Lipinski definition) is 2. The summed E-state index contributed by atoms with van der Waals surface area (Å²) < 4.78 is 143. The summed E-state index contributed by atoms with van der Waals surface area (Å²) in [6.07, 6.45) is -6.97. The minimum absolute atomic E-state index is 0.401. The Morgan fingerprint density at radius 1 is 0.857 bits per heavy atom. The van der Waals surface area contributed by atoms with Gasteiger partial charge in [-0.2, -0.15) is 39.5 Å². The van der Waals surface area contributed by atoms with Gasteiger partial charge in [0.05, 0.1) is 0 Å². The molecule has 0 radical (unpaired) electrons. The Balaban J connectivity index is 5.82. The molecule has 0 aromatic heterocycles. The summed E-state index contributed by atoms with van der Waals surface area (Å²) in [5.74, 6) is -20.0. The molecule has 3 nitrogen and oxygen atoms in total. The molecule has 0 atom stereocenters. The normalized spacial score (nSPS) is 16.2. The smallest absolute Gasteiger partial charge is 0.291 e. The molecule has 0 aliphatic rings. The van der Waals surface area contributed by atoms with Crippen LogP contribution in [-0.4, -0.2) is 44.1 Å². The number of hydrogen-bond donors (Lipinski definition) is 1. The molecule has 21 heavy (non-hydrogen) atoms. The fraction of sp³-hybridized carbons (Fsp3) is 1.00. The molecule has 1 N–H and O–H groups in total. The van der Waals surface area contributed by atoms with Gasteiger partial charge in [-0.15, -0.1) is 0 Å². The van der Waals surface area contributed by atoms with Crippen molar-refractivity contribution in [1.82, 2.24) is 0 Å². The van der Waals surface area contributed by atoms with Crippen LogP contribution in [0.3, 0.4) is 0 Å². The molecule has 14 heteroatoms.